The molecule has 1 atom stereocenters. The molecule has 0 aliphatic rings. The Balaban J connectivity index is 0.000000379. The smallest absolute Gasteiger partial charge is 0.163 e. The lowest BCUT2D eigenvalue weighted by Crippen LogP contribution is -2.34. The summed E-state index contributed by atoms with van der Waals surface area (Å²) in [4.78, 5) is 8.29. The number of hydrogen-bond acceptors (Lipinski definition) is 8. The van der Waals surface area contributed by atoms with Crippen LogP contribution < -0.4 is 26.3 Å². The van der Waals surface area contributed by atoms with E-state index in [4.69, 9.17) is 37.3 Å². The van der Waals surface area contributed by atoms with Crippen molar-refractivity contribution in [1.82, 2.24) is 15.3 Å². The molecule has 0 spiro atoms. The van der Waals surface area contributed by atoms with Crippen molar-refractivity contribution < 1.29 is 14.2 Å². The van der Waals surface area contributed by atoms with E-state index < -0.39 is 0 Å². The Morgan fingerprint density at radius 1 is 1.15 bits per heavy atom. The lowest BCUT2D eigenvalue weighted by Gasteiger charge is -2.19. The molecule has 0 saturated heterocycles. The summed E-state index contributed by atoms with van der Waals surface area (Å²) in [6, 6.07) is 9.18. The Labute approximate surface area is 207 Å². The molecule has 186 valence electrons. The van der Waals surface area contributed by atoms with Crippen molar-refractivity contribution >= 4 is 28.2 Å². The average Bonchev–Trinajstić information content (AvgIpc) is 2.84. The van der Waals surface area contributed by atoms with Gasteiger partial charge in [0.15, 0.2) is 11.5 Å². The van der Waals surface area contributed by atoms with Crippen molar-refractivity contribution in [3.8, 4) is 11.5 Å². The second kappa shape index (κ2) is 15.3. The van der Waals surface area contributed by atoms with E-state index >= 15 is 0 Å². The number of nitrogens with one attached hydrogen (secondary N) is 1. The normalized spacial score (nSPS) is 11.6. The first-order valence-corrected chi connectivity index (χ1v) is 11.8. The number of methoxy groups -OCH3 is 1. The molecule has 3 aromatic rings. The van der Waals surface area contributed by atoms with Gasteiger partial charge in [-0.3, -0.25) is 0 Å². The third-order valence-electron chi connectivity index (χ3n) is 4.98. The van der Waals surface area contributed by atoms with E-state index in [-0.39, 0.29) is 6.10 Å². The van der Waals surface area contributed by atoms with Crippen molar-refractivity contribution in [2.75, 3.05) is 45.7 Å². The van der Waals surface area contributed by atoms with Gasteiger partial charge in [-0.25, -0.2) is 9.97 Å². The van der Waals surface area contributed by atoms with Gasteiger partial charge >= 0.3 is 0 Å². The first-order valence-electron chi connectivity index (χ1n) is 11.4. The summed E-state index contributed by atoms with van der Waals surface area (Å²) in [6.45, 7) is 7.37. The van der Waals surface area contributed by atoms with Gasteiger partial charge in [0.2, 0.25) is 0 Å². The van der Waals surface area contributed by atoms with Crippen LogP contribution in [0.1, 0.15) is 25.3 Å². The molecule has 34 heavy (non-hydrogen) atoms. The number of rotatable bonds is 12. The Morgan fingerprint density at radius 2 is 1.97 bits per heavy atom. The number of hydrogen-bond donors (Lipinski definition) is 3. The third kappa shape index (κ3) is 9.30. The standard InChI is InChI=1S/C18H28N4O3.C7H8ClN/c1-3-24-15(11-20-7-5-4-6-19)12-25-18-9-16-14(8-17(18)23-2)10-21-13-22-16;1-5-4-6(9)2-3-7(5)8/h8-10,13,15,20H,3-7,11-12,19H2,1-2H3;2-4H,9H2,1H3. The van der Waals surface area contributed by atoms with Crippen LogP contribution in [0.25, 0.3) is 10.9 Å². The van der Waals surface area contributed by atoms with E-state index in [9.17, 15) is 0 Å². The van der Waals surface area contributed by atoms with E-state index in [0.29, 0.717) is 24.7 Å². The fourth-order valence-corrected chi connectivity index (χ4v) is 3.29. The number of fused-ring (bicyclic) bond motifs is 1. The van der Waals surface area contributed by atoms with Crippen molar-refractivity contribution in [1.29, 1.82) is 0 Å². The molecule has 1 heterocycles. The van der Waals surface area contributed by atoms with E-state index in [0.717, 1.165) is 59.7 Å². The number of ether oxygens (including phenoxy) is 3. The summed E-state index contributed by atoms with van der Waals surface area (Å²) in [6.07, 6.45) is 5.33. The molecule has 8 nitrogen and oxygen atoms in total. The molecule has 5 N–H and O–H groups in total. The molecule has 0 amide bonds. The van der Waals surface area contributed by atoms with Crippen molar-refractivity contribution in [3.63, 3.8) is 0 Å². The zero-order chi connectivity index (χ0) is 24.8. The maximum absolute atomic E-state index is 5.96. The van der Waals surface area contributed by atoms with E-state index in [2.05, 4.69) is 15.3 Å². The van der Waals surface area contributed by atoms with Gasteiger partial charge in [-0.15, -0.1) is 0 Å². The number of aryl methyl sites for hydroxylation is 1. The number of unbranched alkanes of at least 4 members (excludes halogenated alkanes) is 1. The number of nitrogens with zero attached hydrogens (tertiary/aromatic N) is 2. The van der Waals surface area contributed by atoms with Crippen LogP contribution in [-0.4, -0.2) is 56.0 Å². The van der Waals surface area contributed by atoms with Gasteiger partial charge < -0.3 is 31.0 Å². The van der Waals surface area contributed by atoms with Crippen LogP contribution in [0.4, 0.5) is 5.69 Å². The number of anilines is 1. The minimum Gasteiger partial charge on any atom is -0.493 e. The Kier molecular flexibility index (Phi) is 12.4. The molecule has 2 aromatic carbocycles. The lowest BCUT2D eigenvalue weighted by molar-refractivity contribution is 0.0277. The third-order valence-corrected chi connectivity index (χ3v) is 5.40. The number of benzene rings is 2. The maximum Gasteiger partial charge on any atom is 0.163 e. The molecule has 0 radical (unpaired) electrons. The van der Waals surface area contributed by atoms with Crippen LogP contribution >= 0.6 is 11.6 Å². The summed E-state index contributed by atoms with van der Waals surface area (Å²) in [7, 11) is 1.62. The highest BCUT2D eigenvalue weighted by molar-refractivity contribution is 6.31. The monoisotopic (exact) mass is 489 g/mol. The predicted octanol–water partition coefficient (Wildman–Crippen LogP) is 3.98. The molecule has 0 aliphatic carbocycles. The summed E-state index contributed by atoms with van der Waals surface area (Å²) < 4.78 is 17.1. The SMILES string of the molecule is CCOC(CNCCCCN)COc1cc2ncncc2cc1OC.Cc1cc(N)ccc1Cl. The van der Waals surface area contributed by atoms with Gasteiger partial charge in [0.05, 0.1) is 12.6 Å². The molecule has 1 unspecified atom stereocenters. The van der Waals surface area contributed by atoms with Crippen molar-refractivity contribution in [3.05, 3.63) is 53.4 Å². The van der Waals surface area contributed by atoms with Gasteiger partial charge in [-0.2, -0.15) is 0 Å². The molecule has 3 rings (SSSR count). The lowest BCUT2D eigenvalue weighted by atomic mass is 10.2. The number of nitrogen functional groups attached to an aromatic ring is 1. The molecule has 0 saturated carbocycles. The van der Waals surface area contributed by atoms with Gasteiger partial charge in [0, 0.05) is 41.5 Å². The Morgan fingerprint density at radius 3 is 2.65 bits per heavy atom. The molecule has 1 aromatic heterocycles. The fraction of sp³-hybridized carbons (Fsp3) is 0.440. The Hall–Kier alpha value is -2.65. The molecule has 0 bridgehead atoms. The minimum atomic E-state index is -0.0336. The largest absolute Gasteiger partial charge is 0.493 e. The van der Waals surface area contributed by atoms with Crippen LogP contribution in [0.15, 0.2) is 42.9 Å². The quantitative estimate of drug-likeness (QED) is 0.258. The summed E-state index contributed by atoms with van der Waals surface area (Å²) in [5.74, 6) is 1.31. The maximum atomic E-state index is 5.96. The van der Waals surface area contributed by atoms with Crippen molar-refractivity contribution in [2.24, 2.45) is 5.73 Å². The van der Waals surface area contributed by atoms with Gasteiger partial charge in [-0.1, -0.05) is 11.6 Å². The van der Waals surface area contributed by atoms with Gasteiger partial charge in [0.25, 0.3) is 0 Å². The zero-order valence-electron chi connectivity index (χ0n) is 20.2. The summed E-state index contributed by atoms with van der Waals surface area (Å²) in [5.41, 5.74) is 13.6. The molecule has 9 heteroatoms. The van der Waals surface area contributed by atoms with Crippen molar-refractivity contribution in [2.45, 2.75) is 32.8 Å². The highest BCUT2D eigenvalue weighted by atomic mass is 35.5. The van der Waals surface area contributed by atoms with Crippen LogP contribution in [0.2, 0.25) is 5.02 Å². The minimum absolute atomic E-state index is 0.0336. The van der Waals surface area contributed by atoms with Crippen LogP contribution in [0, 0.1) is 6.92 Å². The van der Waals surface area contributed by atoms with E-state index in [1.807, 2.05) is 32.0 Å². The molecule has 0 aliphatic heterocycles. The first kappa shape index (κ1) is 27.6. The molecule has 0 fully saturated rings. The zero-order valence-corrected chi connectivity index (χ0v) is 21.0. The Bertz CT molecular complexity index is 1010. The summed E-state index contributed by atoms with van der Waals surface area (Å²) in [5, 5.41) is 5.07. The fourth-order valence-electron chi connectivity index (χ4n) is 3.17. The van der Waals surface area contributed by atoms with E-state index in [1.165, 1.54) is 6.33 Å². The molecular formula is C25H36ClN5O3. The second-order valence-corrected chi connectivity index (χ2v) is 8.09. The van der Waals surface area contributed by atoms with Gasteiger partial charge in [-0.05, 0) is 69.6 Å². The predicted molar refractivity (Wildman–Crippen MR) is 139 cm³/mol. The summed E-state index contributed by atoms with van der Waals surface area (Å²) >= 11 is 5.73. The average molecular weight is 490 g/mol. The number of aromatic nitrogens is 2. The number of nitrogens with two attached hydrogens (primary N) is 2. The first-order chi connectivity index (χ1) is 16.5. The topological polar surface area (TPSA) is 118 Å². The highest BCUT2D eigenvalue weighted by Gasteiger charge is 2.13. The van der Waals surface area contributed by atoms with Crippen LogP contribution in [0.3, 0.4) is 0 Å². The highest BCUT2D eigenvalue weighted by Crippen LogP contribution is 2.31. The van der Waals surface area contributed by atoms with Gasteiger partial charge in [0.1, 0.15) is 19.0 Å². The second-order valence-electron chi connectivity index (χ2n) is 7.68. The van der Waals surface area contributed by atoms with E-state index in [1.54, 1.807) is 25.4 Å². The molecular weight excluding hydrogens is 454 g/mol. The number of halogens is 1. The van der Waals surface area contributed by atoms with Crippen LogP contribution in [0.5, 0.6) is 11.5 Å². The van der Waals surface area contributed by atoms with Crippen LogP contribution in [-0.2, 0) is 4.74 Å².